The van der Waals surface area contributed by atoms with Crippen LogP contribution in [0.1, 0.15) is 0 Å². The maximum absolute atomic E-state index is 6.04. The molecule has 3 heterocycles. The molecule has 6 aromatic rings. The summed E-state index contributed by atoms with van der Waals surface area (Å²) >= 11 is 5.99. The quantitative estimate of drug-likeness (QED) is 0.237. The van der Waals surface area contributed by atoms with Crippen molar-refractivity contribution in [2.75, 3.05) is 19.5 Å². The third kappa shape index (κ3) is 4.62. The van der Waals surface area contributed by atoms with E-state index in [1.165, 1.54) is 0 Å². The molecule has 0 radical (unpaired) electrons. The molecule has 0 spiro atoms. The fourth-order valence-electron chi connectivity index (χ4n) is 4.49. The Labute approximate surface area is 229 Å². The number of fused-ring (bicyclic) bond motifs is 1. The van der Waals surface area contributed by atoms with Crippen LogP contribution in [0.15, 0.2) is 97.1 Å². The van der Waals surface area contributed by atoms with Crippen molar-refractivity contribution in [2.45, 2.75) is 0 Å². The Morgan fingerprint density at radius 2 is 1.36 bits per heavy atom. The highest BCUT2D eigenvalue weighted by molar-refractivity contribution is 6.29. The minimum atomic E-state index is 0.298. The van der Waals surface area contributed by atoms with Crippen molar-refractivity contribution in [1.29, 1.82) is 0 Å². The number of anilines is 2. The number of hydrogen-bond donors (Lipinski definition) is 1. The van der Waals surface area contributed by atoms with Gasteiger partial charge in [0.05, 0.1) is 25.3 Å². The number of nitrogens with zero attached hydrogens (tertiary/aromatic N) is 5. The molecule has 0 aliphatic heterocycles. The summed E-state index contributed by atoms with van der Waals surface area (Å²) in [6, 6.07) is 31.2. The van der Waals surface area contributed by atoms with Crippen molar-refractivity contribution in [1.82, 2.24) is 24.8 Å². The van der Waals surface area contributed by atoms with Crippen LogP contribution in [0.5, 0.6) is 11.6 Å². The second kappa shape index (κ2) is 10.4. The van der Waals surface area contributed by atoms with Crippen LogP contribution in [0.2, 0.25) is 5.15 Å². The second-order valence-electron chi connectivity index (χ2n) is 8.63. The molecule has 192 valence electrons. The maximum Gasteiger partial charge on any atom is 0.228 e. The first-order chi connectivity index (χ1) is 19.2. The van der Waals surface area contributed by atoms with Crippen LogP contribution in [0.25, 0.3) is 39.2 Å². The molecule has 3 aromatic carbocycles. The number of aromatic nitrogens is 5. The van der Waals surface area contributed by atoms with Crippen molar-refractivity contribution in [3.63, 3.8) is 0 Å². The lowest BCUT2D eigenvalue weighted by atomic mass is 10.0. The molecule has 6 rings (SSSR count). The lowest BCUT2D eigenvalue weighted by Crippen LogP contribution is -2.07. The van der Waals surface area contributed by atoms with Crippen molar-refractivity contribution >= 4 is 28.9 Å². The summed E-state index contributed by atoms with van der Waals surface area (Å²) in [5.74, 6) is 2.26. The topological polar surface area (TPSA) is 86.5 Å². The van der Waals surface area contributed by atoms with Crippen LogP contribution in [-0.4, -0.2) is 39.0 Å². The maximum atomic E-state index is 6.04. The SMILES string of the molecule is COc1ccc(-c2c(Nc3ccc(Cl)nn3)nc3c(-c4ccccc4)c(-c4ccccc4)nn3c2OC)cc1. The zero-order valence-electron chi connectivity index (χ0n) is 21.2. The van der Waals surface area contributed by atoms with Gasteiger partial charge in [0.1, 0.15) is 17.3 Å². The monoisotopic (exact) mass is 534 g/mol. The summed E-state index contributed by atoms with van der Waals surface area (Å²) in [7, 11) is 3.26. The molecule has 3 aromatic heterocycles. The highest BCUT2D eigenvalue weighted by Crippen LogP contribution is 2.42. The van der Waals surface area contributed by atoms with Crippen molar-refractivity contribution < 1.29 is 9.47 Å². The number of halogens is 1. The van der Waals surface area contributed by atoms with Crippen molar-refractivity contribution in [2.24, 2.45) is 0 Å². The van der Waals surface area contributed by atoms with E-state index in [0.29, 0.717) is 33.9 Å². The highest BCUT2D eigenvalue weighted by atomic mass is 35.5. The molecule has 0 amide bonds. The minimum Gasteiger partial charge on any atom is -0.497 e. The molecule has 0 unspecified atom stereocenters. The van der Waals surface area contributed by atoms with E-state index in [-0.39, 0.29) is 0 Å². The van der Waals surface area contributed by atoms with E-state index in [9.17, 15) is 0 Å². The van der Waals surface area contributed by atoms with E-state index < -0.39 is 0 Å². The molecule has 0 atom stereocenters. The van der Waals surface area contributed by atoms with Gasteiger partial charge >= 0.3 is 0 Å². The molecule has 9 heteroatoms. The predicted molar refractivity (Wildman–Crippen MR) is 153 cm³/mol. The first kappa shape index (κ1) is 24.4. The van der Waals surface area contributed by atoms with Crippen LogP contribution in [0.3, 0.4) is 0 Å². The number of benzene rings is 3. The van der Waals surface area contributed by atoms with E-state index in [0.717, 1.165) is 33.7 Å². The van der Waals surface area contributed by atoms with Gasteiger partial charge in [-0.25, -0.2) is 4.98 Å². The van der Waals surface area contributed by atoms with Crippen LogP contribution < -0.4 is 14.8 Å². The van der Waals surface area contributed by atoms with E-state index >= 15 is 0 Å². The molecule has 0 fully saturated rings. The van der Waals surface area contributed by atoms with E-state index in [1.807, 2.05) is 84.9 Å². The Hall–Kier alpha value is -4.95. The van der Waals surface area contributed by atoms with E-state index in [4.69, 9.17) is 31.2 Å². The Morgan fingerprint density at radius 3 is 1.97 bits per heavy atom. The third-order valence-corrected chi connectivity index (χ3v) is 6.48. The Bertz CT molecular complexity index is 1740. The van der Waals surface area contributed by atoms with Crippen LogP contribution in [-0.2, 0) is 0 Å². The summed E-state index contributed by atoms with van der Waals surface area (Å²) in [5, 5.41) is 16.8. The number of methoxy groups -OCH3 is 2. The number of nitrogens with one attached hydrogen (secondary N) is 1. The molecule has 39 heavy (non-hydrogen) atoms. The summed E-state index contributed by atoms with van der Waals surface area (Å²) in [4.78, 5) is 5.12. The fraction of sp³-hybridized carbons (Fsp3) is 0.0667. The normalized spacial score (nSPS) is 10.9. The van der Waals surface area contributed by atoms with Gasteiger partial charge in [0.2, 0.25) is 5.88 Å². The summed E-state index contributed by atoms with van der Waals surface area (Å²) < 4.78 is 13.2. The Balaban J connectivity index is 1.68. The second-order valence-corrected chi connectivity index (χ2v) is 9.02. The summed E-state index contributed by atoms with van der Waals surface area (Å²) in [6.45, 7) is 0. The van der Waals surface area contributed by atoms with Gasteiger partial charge < -0.3 is 14.8 Å². The van der Waals surface area contributed by atoms with Gasteiger partial charge in [-0.05, 0) is 35.4 Å². The predicted octanol–water partition coefficient (Wildman–Crippen LogP) is 6.93. The van der Waals surface area contributed by atoms with Gasteiger partial charge in [0, 0.05) is 5.56 Å². The van der Waals surface area contributed by atoms with Gasteiger partial charge in [-0.1, -0.05) is 84.4 Å². The number of ether oxygens (including phenoxy) is 2. The highest BCUT2D eigenvalue weighted by Gasteiger charge is 2.25. The molecular formula is C30H23ClN6O2. The van der Waals surface area contributed by atoms with E-state index in [2.05, 4.69) is 15.5 Å². The molecule has 0 aliphatic carbocycles. The largest absolute Gasteiger partial charge is 0.497 e. The van der Waals surface area contributed by atoms with Gasteiger partial charge in [-0.15, -0.1) is 10.2 Å². The molecule has 0 bridgehead atoms. The van der Waals surface area contributed by atoms with Crippen molar-refractivity contribution in [3.05, 3.63) is 102 Å². The third-order valence-electron chi connectivity index (χ3n) is 6.28. The zero-order chi connectivity index (χ0) is 26.8. The lowest BCUT2D eigenvalue weighted by molar-refractivity contribution is 0.387. The van der Waals surface area contributed by atoms with Gasteiger partial charge in [-0.3, -0.25) is 0 Å². The van der Waals surface area contributed by atoms with Gasteiger partial charge in [0.25, 0.3) is 0 Å². The molecule has 8 nitrogen and oxygen atoms in total. The zero-order valence-corrected chi connectivity index (χ0v) is 21.9. The summed E-state index contributed by atoms with van der Waals surface area (Å²) in [6.07, 6.45) is 0. The average Bonchev–Trinajstić information content (AvgIpc) is 3.38. The molecular weight excluding hydrogens is 512 g/mol. The van der Waals surface area contributed by atoms with Gasteiger partial charge in [0.15, 0.2) is 16.6 Å². The molecule has 0 saturated carbocycles. The van der Waals surface area contributed by atoms with Crippen molar-refractivity contribution in [3.8, 4) is 45.1 Å². The number of hydrogen-bond acceptors (Lipinski definition) is 7. The first-order valence-electron chi connectivity index (χ1n) is 12.2. The molecule has 0 saturated heterocycles. The smallest absolute Gasteiger partial charge is 0.228 e. The molecule has 1 N–H and O–H groups in total. The van der Waals surface area contributed by atoms with Gasteiger partial charge in [-0.2, -0.15) is 9.61 Å². The van der Waals surface area contributed by atoms with Crippen LogP contribution in [0.4, 0.5) is 11.6 Å². The fourth-order valence-corrected chi connectivity index (χ4v) is 4.59. The standard InChI is InChI=1S/C30H23ClN6O2/c1-38-22-15-13-20(14-16-22)26-28(32-24-18-17-23(31)34-35-24)33-29-25(19-9-5-3-6-10-19)27(21-11-7-4-8-12-21)36-37(29)30(26)39-2/h3-18H,1-2H3,(H,32,33,35). The Morgan fingerprint density at radius 1 is 0.692 bits per heavy atom. The summed E-state index contributed by atoms with van der Waals surface area (Å²) in [5.41, 5.74) is 5.79. The average molecular weight is 535 g/mol. The molecule has 0 aliphatic rings. The first-order valence-corrected chi connectivity index (χ1v) is 12.6. The Kier molecular flexibility index (Phi) is 6.52. The van der Waals surface area contributed by atoms with Crippen LogP contribution in [0, 0.1) is 0 Å². The number of rotatable bonds is 7. The van der Waals surface area contributed by atoms with E-state index in [1.54, 1.807) is 30.9 Å². The van der Waals surface area contributed by atoms with Crippen LogP contribution >= 0.6 is 11.6 Å². The lowest BCUT2D eigenvalue weighted by Gasteiger charge is -2.16. The minimum absolute atomic E-state index is 0.298.